The van der Waals surface area contributed by atoms with E-state index in [1.54, 1.807) is 7.05 Å². The van der Waals surface area contributed by atoms with Gasteiger partial charge in [-0.05, 0) is 32.4 Å². The number of aryl methyl sites for hydroxylation is 1. The largest absolute Gasteiger partial charge is 0.356 e. The van der Waals surface area contributed by atoms with Crippen LogP contribution in [0.2, 0.25) is 0 Å². The molecule has 0 bridgehead atoms. The van der Waals surface area contributed by atoms with Gasteiger partial charge in [0, 0.05) is 35.8 Å². The fourth-order valence-corrected chi connectivity index (χ4v) is 2.67. The summed E-state index contributed by atoms with van der Waals surface area (Å²) in [5.41, 5.74) is 0. The van der Waals surface area contributed by atoms with Crippen LogP contribution in [0.5, 0.6) is 0 Å². The van der Waals surface area contributed by atoms with Crippen LogP contribution in [0.25, 0.3) is 0 Å². The van der Waals surface area contributed by atoms with E-state index in [1.165, 1.54) is 9.75 Å². The van der Waals surface area contributed by atoms with Gasteiger partial charge in [0.1, 0.15) is 0 Å². The number of nitrogens with one attached hydrogen (secondary N) is 2. The van der Waals surface area contributed by atoms with Crippen LogP contribution in [0.3, 0.4) is 0 Å². The van der Waals surface area contributed by atoms with Crippen molar-refractivity contribution in [3.05, 3.63) is 21.9 Å². The predicted molar refractivity (Wildman–Crippen MR) is 92.7 cm³/mol. The van der Waals surface area contributed by atoms with Crippen molar-refractivity contribution < 1.29 is 4.39 Å². The minimum Gasteiger partial charge on any atom is -0.356 e. The fraction of sp³-hybridized carbons (Fsp3) is 0.615. The average molecular weight is 399 g/mol. The second-order valence-electron chi connectivity index (χ2n) is 4.30. The van der Waals surface area contributed by atoms with Crippen molar-refractivity contribution in [2.75, 3.05) is 20.3 Å². The SMILES string of the molecule is CN=C(NCCCF)NC(C)Cc1ccc(C)s1.I. The minimum atomic E-state index is -0.298. The number of nitrogens with zero attached hydrogens (tertiary/aromatic N) is 1. The zero-order chi connectivity index (χ0) is 13.4. The average Bonchev–Trinajstić information content (AvgIpc) is 2.73. The fourth-order valence-electron chi connectivity index (χ4n) is 1.65. The quantitative estimate of drug-likeness (QED) is 0.334. The van der Waals surface area contributed by atoms with E-state index in [9.17, 15) is 4.39 Å². The number of rotatable bonds is 6. The Morgan fingerprint density at radius 3 is 2.74 bits per heavy atom. The van der Waals surface area contributed by atoms with Crippen LogP contribution in [0.1, 0.15) is 23.1 Å². The molecule has 1 rings (SSSR count). The van der Waals surface area contributed by atoms with E-state index in [4.69, 9.17) is 0 Å². The molecule has 0 aliphatic heterocycles. The van der Waals surface area contributed by atoms with Gasteiger partial charge in [-0.2, -0.15) is 0 Å². The maximum atomic E-state index is 12.0. The van der Waals surface area contributed by atoms with Gasteiger partial charge in [0.15, 0.2) is 5.96 Å². The Hall–Kier alpha value is -0.370. The summed E-state index contributed by atoms with van der Waals surface area (Å²) in [7, 11) is 1.73. The zero-order valence-corrected chi connectivity index (χ0v) is 14.8. The third kappa shape index (κ3) is 7.71. The van der Waals surface area contributed by atoms with Crippen molar-refractivity contribution in [3.8, 4) is 0 Å². The molecule has 0 aliphatic rings. The Morgan fingerprint density at radius 2 is 2.21 bits per heavy atom. The van der Waals surface area contributed by atoms with Gasteiger partial charge in [0.2, 0.25) is 0 Å². The van der Waals surface area contributed by atoms with Crippen LogP contribution in [0, 0.1) is 6.92 Å². The molecule has 0 aromatic carbocycles. The molecule has 0 saturated heterocycles. The van der Waals surface area contributed by atoms with Gasteiger partial charge in [0.25, 0.3) is 0 Å². The van der Waals surface area contributed by atoms with Crippen LogP contribution in [-0.2, 0) is 6.42 Å². The van der Waals surface area contributed by atoms with E-state index in [0.717, 1.165) is 12.4 Å². The topological polar surface area (TPSA) is 36.4 Å². The molecular weight excluding hydrogens is 376 g/mol. The summed E-state index contributed by atoms with van der Waals surface area (Å²) in [6.45, 7) is 4.55. The highest BCUT2D eigenvalue weighted by molar-refractivity contribution is 14.0. The Kier molecular flexibility index (Phi) is 10.2. The van der Waals surface area contributed by atoms with Gasteiger partial charge in [-0.3, -0.25) is 9.38 Å². The van der Waals surface area contributed by atoms with E-state index in [2.05, 4.69) is 41.6 Å². The summed E-state index contributed by atoms with van der Waals surface area (Å²) < 4.78 is 12.0. The van der Waals surface area contributed by atoms with Crippen molar-refractivity contribution in [1.29, 1.82) is 0 Å². The lowest BCUT2D eigenvalue weighted by atomic mass is 10.2. The van der Waals surface area contributed by atoms with Gasteiger partial charge in [-0.1, -0.05) is 0 Å². The molecule has 0 aliphatic carbocycles. The molecule has 1 aromatic heterocycles. The molecule has 2 N–H and O–H groups in total. The summed E-state index contributed by atoms with van der Waals surface area (Å²) in [6, 6.07) is 4.61. The molecule has 6 heteroatoms. The summed E-state index contributed by atoms with van der Waals surface area (Å²) in [4.78, 5) is 6.83. The van der Waals surface area contributed by atoms with Crippen LogP contribution in [-0.4, -0.2) is 32.3 Å². The summed E-state index contributed by atoms with van der Waals surface area (Å²) in [5, 5.41) is 6.40. The maximum Gasteiger partial charge on any atom is 0.191 e. The number of halogens is 2. The van der Waals surface area contributed by atoms with Gasteiger partial charge in [-0.15, -0.1) is 35.3 Å². The summed E-state index contributed by atoms with van der Waals surface area (Å²) >= 11 is 1.82. The predicted octanol–water partition coefficient (Wildman–Crippen LogP) is 3.13. The second kappa shape index (κ2) is 10.4. The second-order valence-corrected chi connectivity index (χ2v) is 5.68. The number of hydrogen-bond acceptors (Lipinski definition) is 2. The molecule has 19 heavy (non-hydrogen) atoms. The smallest absolute Gasteiger partial charge is 0.191 e. The number of guanidine groups is 1. The van der Waals surface area contributed by atoms with E-state index in [1.807, 2.05) is 11.3 Å². The van der Waals surface area contributed by atoms with Gasteiger partial charge in [-0.25, -0.2) is 0 Å². The molecule has 0 saturated carbocycles. The first-order chi connectivity index (χ1) is 8.65. The van der Waals surface area contributed by atoms with Crippen LogP contribution >= 0.6 is 35.3 Å². The highest BCUT2D eigenvalue weighted by Gasteiger charge is 2.07. The third-order valence-corrected chi connectivity index (χ3v) is 3.54. The highest BCUT2D eigenvalue weighted by atomic mass is 127. The molecule has 110 valence electrons. The van der Waals surface area contributed by atoms with Crippen LogP contribution < -0.4 is 10.6 Å². The summed E-state index contributed by atoms with van der Waals surface area (Å²) in [5.74, 6) is 0.740. The van der Waals surface area contributed by atoms with Crippen LogP contribution in [0.4, 0.5) is 4.39 Å². The van der Waals surface area contributed by atoms with Gasteiger partial charge >= 0.3 is 0 Å². The molecule has 1 atom stereocenters. The maximum absolute atomic E-state index is 12.0. The van der Waals surface area contributed by atoms with Crippen molar-refractivity contribution in [3.63, 3.8) is 0 Å². The Bertz CT molecular complexity index is 382. The molecule has 1 aromatic rings. The number of aliphatic imine (C=N–C) groups is 1. The zero-order valence-electron chi connectivity index (χ0n) is 11.7. The minimum absolute atomic E-state index is 0. The first-order valence-electron chi connectivity index (χ1n) is 6.24. The van der Waals surface area contributed by atoms with Gasteiger partial charge in [0.05, 0.1) is 6.67 Å². The summed E-state index contributed by atoms with van der Waals surface area (Å²) in [6.07, 6.45) is 1.49. The molecule has 0 amide bonds. The monoisotopic (exact) mass is 399 g/mol. The lowest BCUT2D eigenvalue weighted by molar-refractivity contribution is 0.470. The molecule has 0 fully saturated rings. The molecule has 1 unspecified atom stereocenters. The van der Waals surface area contributed by atoms with Crippen LogP contribution in [0.15, 0.2) is 17.1 Å². The highest BCUT2D eigenvalue weighted by Crippen LogP contribution is 2.16. The van der Waals surface area contributed by atoms with E-state index >= 15 is 0 Å². The molecule has 3 nitrogen and oxygen atoms in total. The Labute approximate surface area is 136 Å². The normalized spacial score (nSPS) is 12.7. The Balaban J connectivity index is 0.00000324. The van der Waals surface area contributed by atoms with Crippen molar-refractivity contribution in [2.24, 2.45) is 4.99 Å². The molecule has 0 radical (unpaired) electrons. The molecule has 0 spiro atoms. The first kappa shape index (κ1) is 18.6. The van der Waals surface area contributed by atoms with E-state index < -0.39 is 0 Å². The lowest BCUT2D eigenvalue weighted by Crippen LogP contribution is -2.43. The lowest BCUT2D eigenvalue weighted by Gasteiger charge is -2.17. The third-order valence-electron chi connectivity index (χ3n) is 2.51. The first-order valence-corrected chi connectivity index (χ1v) is 7.05. The van der Waals surface area contributed by atoms with E-state index in [0.29, 0.717) is 19.0 Å². The van der Waals surface area contributed by atoms with Crippen molar-refractivity contribution in [2.45, 2.75) is 32.7 Å². The Morgan fingerprint density at radius 1 is 1.47 bits per heavy atom. The van der Waals surface area contributed by atoms with Crippen molar-refractivity contribution in [1.82, 2.24) is 10.6 Å². The number of hydrogen-bond donors (Lipinski definition) is 2. The molecular formula is C13H23FIN3S. The van der Waals surface area contributed by atoms with E-state index in [-0.39, 0.29) is 30.7 Å². The number of alkyl halides is 1. The van der Waals surface area contributed by atoms with Gasteiger partial charge < -0.3 is 10.6 Å². The molecule has 1 heterocycles. The standard InChI is InChI=1S/C13H22FN3S.HI/c1-10(9-12-6-5-11(2)18-12)17-13(15-3)16-8-4-7-14;/h5-6,10H,4,7-9H2,1-3H3,(H2,15,16,17);1H. The van der Waals surface area contributed by atoms with Crippen molar-refractivity contribution >= 4 is 41.3 Å². The number of thiophene rings is 1.